The van der Waals surface area contributed by atoms with Crippen molar-refractivity contribution < 1.29 is 28.8 Å². The van der Waals surface area contributed by atoms with Crippen LogP contribution in [-0.2, 0) is 26.4 Å². The van der Waals surface area contributed by atoms with Crippen LogP contribution in [0.4, 0.5) is 0 Å². The molecule has 1 fully saturated rings. The summed E-state index contributed by atoms with van der Waals surface area (Å²) in [7, 11) is 4.68. The molecular formula is C32H34N2O8. The quantitative estimate of drug-likeness (QED) is 0.262. The molecular weight excluding hydrogens is 540 g/mol. The van der Waals surface area contributed by atoms with Gasteiger partial charge in [0.25, 0.3) is 5.56 Å². The molecule has 0 bridgehead atoms. The molecule has 0 unspecified atom stereocenters. The van der Waals surface area contributed by atoms with Crippen molar-refractivity contribution >= 4 is 0 Å². The predicted molar refractivity (Wildman–Crippen MR) is 155 cm³/mol. The maximum Gasteiger partial charge on any atom is 0.330 e. The van der Waals surface area contributed by atoms with Crippen molar-refractivity contribution in [2.45, 2.75) is 37.1 Å². The second-order valence-corrected chi connectivity index (χ2v) is 10.0. The number of rotatable bonds is 11. The molecule has 42 heavy (non-hydrogen) atoms. The number of aromatic amines is 1. The fraction of sp³-hybridized carbons (Fsp3) is 0.312. The zero-order chi connectivity index (χ0) is 29.7. The standard InChI is InChI=1S/C32H34N2O8/c1-38-19-21-18-34(31(37)33-30(21)36)29-17-27(35)28(42-29)20-41-32(22-7-5-4-6-8-22,23-9-13-25(39-2)14-10-23)24-11-15-26(40-3)16-12-24/h4-16,18,27-29,35H,17,19-20H2,1-3H3,(H,33,36,37)/t27-,28+,29+/m0/s1. The lowest BCUT2D eigenvalue weighted by molar-refractivity contribution is -0.0945. The van der Waals surface area contributed by atoms with E-state index in [1.54, 1.807) is 14.2 Å². The van der Waals surface area contributed by atoms with Crippen LogP contribution in [0.3, 0.4) is 0 Å². The molecule has 220 valence electrons. The van der Waals surface area contributed by atoms with Crippen molar-refractivity contribution in [2.24, 2.45) is 0 Å². The van der Waals surface area contributed by atoms with Gasteiger partial charge in [0.1, 0.15) is 29.4 Å². The van der Waals surface area contributed by atoms with Crippen LogP contribution in [0.15, 0.2) is 94.6 Å². The van der Waals surface area contributed by atoms with Gasteiger partial charge in [-0.05, 0) is 41.0 Å². The number of hydrogen-bond acceptors (Lipinski definition) is 8. The number of aromatic nitrogens is 2. The van der Waals surface area contributed by atoms with Gasteiger partial charge in [0.2, 0.25) is 0 Å². The van der Waals surface area contributed by atoms with Crippen molar-refractivity contribution in [3.63, 3.8) is 0 Å². The molecule has 1 saturated heterocycles. The number of H-pyrrole nitrogens is 1. The van der Waals surface area contributed by atoms with E-state index in [1.165, 1.54) is 17.9 Å². The summed E-state index contributed by atoms with van der Waals surface area (Å²) >= 11 is 0. The summed E-state index contributed by atoms with van der Waals surface area (Å²) in [5.74, 6) is 1.40. The SMILES string of the molecule is COCc1cn([C@H]2C[C@H](O)[C@@H](COC(c3ccccc3)(c3ccc(OC)cc3)c3ccc(OC)cc3)O2)c(=O)[nH]c1=O. The molecule has 1 aliphatic heterocycles. The van der Waals surface area contributed by atoms with E-state index in [2.05, 4.69) is 4.98 Å². The van der Waals surface area contributed by atoms with Crippen LogP contribution < -0.4 is 20.7 Å². The number of hydrogen-bond donors (Lipinski definition) is 2. The largest absolute Gasteiger partial charge is 0.497 e. The van der Waals surface area contributed by atoms with E-state index in [0.29, 0.717) is 11.5 Å². The molecule has 4 aromatic rings. The highest BCUT2D eigenvalue weighted by Crippen LogP contribution is 2.42. The van der Waals surface area contributed by atoms with Gasteiger partial charge >= 0.3 is 5.69 Å². The maximum absolute atomic E-state index is 12.6. The smallest absolute Gasteiger partial charge is 0.330 e. The number of aliphatic hydroxyl groups is 1. The average molecular weight is 575 g/mol. The molecule has 0 aliphatic carbocycles. The first-order valence-corrected chi connectivity index (χ1v) is 13.5. The normalized spacial score (nSPS) is 18.6. The van der Waals surface area contributed by atoms with E-state index < -0.39 is 35.3 Å². The van der Waals surface area contributed by atoms with E-state index in [1.807, 2.05) is 78.9 Å². The molecule has 1 aliphatic rings. The molecule has 3 aromatic carbocycles. The molecule has 0 spiro atoms. The highest BCUT2D eigenvalue weighted by atomic mass is 16.6. The van der Waals surface area contributed by atoms with Gasteiger partial charge < -0.3 is 28.8 Å². The lowest BCUT2D eigenvalue weighted by atomic mass is 9.80. The van der Waals surface area contributed by atoms with Crippen LogP contribution in [0.5, 0.6) is 11.5 Å². The summed E-state index contributed by atoms with van der Waals surface area (Å²) in [5, 5.41) is 11.0. The summed E-state index contributed by atoms with van der Waals surface area (Å²) in [6.07, 6.45) is -0.954. The van der Waals surface area contributed by atoms with Crippen LogP contribution in [0.2, 0.25) is 0 Å². The molecule has 0 radical (unpaired) electrons. The fourth-order valence-electron chi connectivity index (χ4n) is 5.32. The zero-order valence-electron chi connectivity index (χ0n) is 23.7. The maximum atomic E-state index is 12.6. The second-order valence-electron chi connectivity index (χ2n) is 10.0. The van der Waals surface area contributed by atoms with Gasteiger partial charge in [-0.15, -0.1) is 0 Å². The number of benzene rings is 3. The Hall–Kier alpha value is -4.22. The van der Waals surface area contributed by atoms with Crippen LogP contribution in [0, 0.1) is 0 Å². The molecule has 1 aromatic heterocycles. The topological polar surface area (TPSA) is 121 Å². The number of nitrogens with one attached hydrogen (secondary N) is 1. The molecule has 10 heteroatoms. The Bertz CT molecular complexity index is 1530. The average Bonchev–Trinajstić information content (AvgIpc) is 3.39. The summed E-state index contributed by atoms with van der Waals surface area (Å²) in [6, 6.07) is 25.1. The summed E-state index contributed by atoms with van der Waals surface area (Å²) < 4.78 is 30.2. The predicted octanol–water partition coefficient (Wildman–Crippen LogP) is 3.36. The third-order valence-electron chi connectivity index (χ3n) is 7.49. The summed E-state index contributed by atoms with van der Waals surface area (Å²) in [4.78, 5) is 27.1. The molecule has 10 nitrogen and oxygen atoms in total. The van der Waals surface area contributed by atoms with E-state index in [0.717, 1.165) is 16.7 Å². The Labute approximate surface area is 243 Å². The highest BCUT2D eigenvalue weighted by molar-refractivity contribution is 5.49. The van der Waals surface area contributed by atoms with Crippen molar-refractivity contribution in [3.05, 3.63) is 128 Å². The Morgan fingerprint density at radius 1 is 0.881 bits per heavy atom. The molecule has 0 amide bonds. The van der Waals surface area contributed by atoms with Crippen molar-refractivity contribution in [1.29, 1.82) is 0 Å². The van der Waals surface area contributed by atoms with Gasteiger partial charge in [0.15, 0.2) is 0 Å². The van der Waals surface area contributed by atoms with Crippen molar-refractivity contribution in [3.8, 4) is 11.5 Å². The van der Waals surface area contributed by atoms with Crippen LogP contribution in [-0.4, -0.2) is 54.8 Å². The zero-order valence-corrected chi connectivity index (χ0v) is 23.7. The third-order valence-corrected chi connectivity index (χ3v) is 7.49. The first kappa shape index (κ1) is 29.3. The Balaban J connectivity index is 1.52. The fourth-order valence-corrected chi connectivity index (χ4v) is 5.32. The first-order valence-electron chi connectivity index (χ1n) is 13.5. The van der Waals surface area contributed by atoms with E-state index in [9.17, 15) is 14.7 Å². The first-order chi connectivity index (χ1) is 20.4. The monoisotopic (exact) mass is 574 g/mol. The Kier molecular flexibility index (Phi) is 8.89. The van der Waals surface area contributed by atoms with Crippen LogP contribution >= 0.6 is 0 Å². The van der Waals surface area contributed by atoms with Gasteiger partial charge in [0.05, 0.1) is 39.1 Å². The van der Waals surface area contributed by atoms with Crippen LogP contribution in [0.1, 0.15) is 34.9 Å². The van der Waals surface area contributed by atoms with Crippen molar-refractivity contribution in [1.82, 2.24) is 9.55 Å². The Morgan fingerprint density at radius 3 is 2.00 bits per heavy atom. The van der Waals surface area contributed by atoms with Gasteiger partial charge in [0, 0.05) is 19.7 Å². The minimum atomic E-state index is -1.10. The Morgan fingerprint density at radius 2 is 1.45 bits per heavy atom. The van der Waals surface area contributed by atoms with E-state index in [-0.39, 0.29) is 25.2 Å². The van der Waals surface area contributed by atoms with Gasteiger partial charge in [-0.25, -0.2) is 4.79 Å². The second kappa shape index (κ2) is 12.7. The molecule has 2 N–H and O–H groups in total. The molecule has 5 rings (SSSR count). The minimum Gasteiger partial charge on any atom is -0.497 e. The van der Waals surface area contributed by atoms with Crippen molar-refractivity contribution in [2.75, 3.05) is 27.9 Å². The summed E-state index contributed by atoms with van der Waals surface area (Å²) in [6.45, 7) is 0.0222. The number of aliphatic hydroxyl groups excluding tert-OH is 1. The number of ether oxygens (including phenoxy) is 5. The van der Waals surface area contributed by atoms with E-state index in [4.69, 9.17) is 23.7 Å². The van der Waals surface area contributed by atoms with E-state index >= 15 is 0 Å². The van der Waals surface area contributed by atoms with Crippen LogP contribution in [0.25, 0.3) is 0 Å². The number of nitrogens with zero attached hydrogens (tertiary/aromatic N) is 1. The molecule has 3 atom stereocenters. The third kappa shape index (κ3) is 5.75. The molecule has 0 saturated carbocycles. The van der Waals surface area contributed by atoms with Gasteiger partial charge in [-0.3, -0.25) is 14.3 Å². The lowest BCUT2D eigenvalue weighted by Crippen LogP contribution is -2.38. The highest BCUT2D eigenvalue weighted by Gasteiger charge is 2.42. The minimum absolute atomic E-state index is 0.00630. The molecule has 2 heterocycles. The summed E-state index contributed by atoms with van der Waals surface area (Å²) in [5.41, 5.74) is 0.565. The lowest BCUT2D eigenvalue weighted by Gasteiger charge is -2.37. The number of methoxy groups -OCH3 is 3. The van der Waals surface area contributed by atoms with Gasteiger partial charge in [-0.2, -0.15) is 0 Å². The van der Waals surface area contributed by atoms with Gasteiger partial charge in [-0.1, -0.05) is 54.6 Å².